The molecule has 0 radical (unpaired) electrons. The van der Waals surface area contributed by atoms with Gasteiger partial charge in [0, 0.05) is 18.8 Å². The Bertz CT molecular complexity index is 596. The fourth-order valence-corrected chi connectivity index (χ4v) is 2.68. The van der Waals surface area contributed by atoms with Crippen LogP contribution in [0, 0.1) is 27.7 Å². The van der Waals surface area contributed by atoms with Gasteiger partial charge in [-0.05, 0) is 50.8 Å². The summed E-state index contributed by atoms with van der Waals surface area (Å²) in [4.78, 5) is 0. The first-order valence-electron chi connectivity index (χ1n) is 6.72. The van der Waals surface area contributed by atoms with E-state index in [-0.39, 0.29) is 6.04 Å². The SMILES string of the molecule is Cc1ccc(C(N)Cc2c(C)nn(C)c2C)c(C)c1. The van der Waals surface area contributed by atoms with Gasteiger partial charge < -0.3 is 5.73 Å². The highest BCUT2D eigenvalue weighted by atomic mass is 15.3. The Labute approximate surface area is 115 Å². The maximum absolute atomic E-state index is 6.39. The van der Waals surface area contributed by atoms with Gasteiger partial charge in [-0.1, -0.05) is 23.8 Å². The number of benzene rings is 1. The zero-order valence-electron chi connectivity index (χ0n) is 12.5. The van der Waals surface area contributed by atoms with E-state index in [2.05, 4.69) is 51.0 Å². The van der Waals surface area contributed by atoms with Gasteiger partial charge in [0.1, 0.15) is 0 Å². The standard InChI is InChI=1S/C16H23N3/c1-10-6-7-14(11(2)8-10)16(17)9-15-12(3)18-19(5)13(15)4/h6-8,16H,9,17H2,1-5H3. The van der Waals surface area contributed by atoms with E-state index in [4.69, 9.17) is 5.73 Å². The first-order valence-corrected chi connectivity index (χ1v) is 6.72. The van der Waals surface area contributed by atoms with E-state index >= 15 is 0 Å². The van der Waals surface area contributed by atoms with E-state index < -0.39 is 0 Å². The Morgan fingerprint density at radius 3 is 2.42 bits per heavy atom. The molecule has 3 nitrogen and oxygen atoms in total. The van der Waals surface area contributed by atoms with Crippen LogP contribution in [-0.2, 0) is 13.5 Å². The second kappa shape index (κ2) is 5.17. The molecule has 2 rings (SSSR count). The Balaban J connectivity index is 2.28. The number of nitrogens with zero attached hydrogens (tertiary/aromatic N) is 2. The van der Waals surface area contributed by atoms with Crippen LogP contribution >= 0.6 is 0 Å². The van der Waals surface area contributed by atoms with Crippen LogP contribution in [0.25, 0.3) is 0 Å². The highest BCUT2D eigenvalue weighted by Gasteiger charge is 2.15. The van der Waals surface area contributed by atoms with E-state index in [1.807, 2.05) is 11.7 Å². The van der Waals surface area contributed by atoms with Gasteiger partial charge in [-0.3, -0.25) is 4.68 Å². The highest BCUT2D eigenvalue weighted by Crippen LogP contribution is 2.23. The quantitative estimate of drug-likeness (QED) is 0.918. The summed E-state index contributed by atoms with van der Waals surface area (Å²) in [6.45, 7) is 8.39. The summed E-state index contributed by atoms with van der Waals surface area (Å²) in [6, 6.07) is 6.50. The van der Waals surface area contributed by atoms with E-state index in [0.717, 1.165) is 12.1 Å². The molecule has 0 saturated heterocycles. The molecule has 2 aromatic rings. The lowest BCUT2D eigenvalue weighted by atomic mass is 9.94. The van der Waals surface area contributed by atoms with Gasteiger partial charge in [0.25, 0.3) is 0 Å². The second-order valence-corrected chi connectivity index (χ2v) is 5.44. The van der Waals surface area contributed by atoms with Gasteiger partial charge in [0.15, 0.2) is 0 Å². The zero-order chi connectivity index (χ0) is 14.2. The van der Waals surface area contributed by atoms with Crippen LogP contribution in [0.2, 0.25) is 0 Å². The molecule has 1 atom stereocenters. The third-order valence-electron chi connectivity index (χ3n) is 3.91. The number of nitrogens with two attached hydrogens (primary N) is 1. The van der Waals surface area contributed by atoms with Gasteiger partial charge in [0.05, 0.1) is 5.69 Å². The molecule has 1 heterocycles. The van der Waals surface area contributed by atoms with Crippen LogP contribution < -0.4 is 5.73 Å². The molecule has 3 heteroatoms. The van der Waals surface area contributed by atoms with Crippen molar-refractivity contribution >= 4 is 0 Å². The number of hydrogen-bond donors (Lipinski definition) is 1. The van der Waals surface area contributed by atoms with E-state index in [1.165, 1.54) is 27.9 Å². The Morgan fingerprint density at radius 1 is 1.21 bits per heavy atom. The van der Waals surface area contributed by atoms with Crippen LogP contribution in [-0.4, -0.2) is 9.78 Å². The minimum Gasteiger partial charge on any atom is -0.324 e. The summed E-state index contributed by atoms with van der Waals surface area (Å²) in [5.41, 5.74) is 13.7. The van der Waals surface area contributed by atoms with Gasteiger partial charge in [-0.2, -0.15) is 5.10 Å². The molecule has 0 bridgehead atoms. The van der Waals surface area contributed by atoms with Crippen molar-refractivity contribution in [3.63, 3.8) is 0 Å². The highest BCUT2D eigenvalue weighted by molar-refractivity contribution is 5.35. The summed E-state index contributed by atoms with van der Waals surface area (Å²) < 4.78 is 1.93. The van der Waals surface area contributed by atoms with Gasteiger partial charge >= 0.3 is 0 Å². The molecule has 19 heavy (non-hydrogen) atoms. The van der Waals surface area contributed by atoms with Crippen molar-refractivity contribution in [1.82, 2.24) is 9.78 Å². The molecule has 0 saturated carbocycles. The molecule has 1 unspecified atom stereocenters. The van der Waals surface area contributed by atoms with Crippen molar-refractivity contribution in [1.29, 1.82) is 0 Å². The molecule has 1 aromatic carbocycles. The lowest BCUT2D eigenvalue weighted by Gasteiger charge is -2.15. The third-order valence-corrected chi connectivity index (χ3v) is 3.91. The van der Waals surface area contributed by atoms with Crippen molar-refractivity contribution in [2.75, 3.05) is 0 Å². The zero-order valence-corrected chi connectivity index (χ0v) is 12.5. The second-order valence-electron chi connectivity index (χ2n) is 5.44. The monoisotopic (exact) mass is 257 g/mol. The molecule has 102 valence electrons. The topological polar surface area (TPSA) is 43.8 Å². The summed E-state index contributed by atoms with van der Waals surface area (Å²) in [7, 11) is 1.98. The Kier molecular flexibility index (Phi) is 3.76. The van der Waals surface area contributed by atoms with Crippen molar-refractivity contribution < 1.29 is 0 Å². The molecule has 0 spiro atoms. The fourth-order valence-electron chi connectivity index (χ4n) is 2.68. The third kappa shape index (κ3) is 2.71. The van der Waals surface area contributed by atoms with E-state index in [9.17, 15) is 0 Å². The summed E-state index contributed by atoms with van der Waals surface area (Å²) in [6.07, 6.45) is 0.843. The lowest BCUT2D eigenvalue weighted by molar-refractivity contribution is 0.703. The van der Waals surface area contributed by atoms with Crippen molar-refractivity contribution in [2.45, 2.75) is 40.2 Å². The molecule has 0 amide bonds. The first kappa shape index (κ1) is 13.8. The van der Waals surface area contributed by atoms with Crippen LogP contribution in [0.1, 0.15) is 39.7 Å². The molecule has 0 aliphatic heterocycles. The average molecular weight is 257 g/mol. The smallest absolute Gasteiger partial charge is 0.0629 e. The maximum atomic E-state index is 6.39. The van der Waals surface area contributed by atoms with Crippen molar-refractivity contribution in [3.05, 3.63) is 51.8 Å². The van der Waals surface area contributed by atoms with Crippen LogP contribution in [0.15, 0.2) is 18.2 Å². The van der Waals surface area contributed by atoms with Crippen molar-refractivity contribution in [2.24, 2.45) is 12.8 Å². The number of rotatable bonds is 3. The largest absolute Gasteiger partial charge is 0.324 e. The van der Waals surface area contributed by atoms with E-state index in [0.29, 0.717) is 0 Å². The summed E-state index contributed by atoms with van der Waals surface area (Å²) >= 11 is 0. The minimum absolute atomic E-state index is 0.0298. The molecule has 0 aliphatic rings. The van der Waals surface area contributed by atoms with Crippen LogP contribution in [0.3, 0.4) is 0 Å². The molecule has 1 aromatic heterocycles. The van der Waals surface area contributed by atoms with Gasteiger partial charge in [0.2, 0.25) is 0 Å². The summed E-state index contributed by atoms with van der Waals surface area (Å²) in [5, 5.41) is 4.45. The van der Waals surface area contributed by atoms with Crippen molar-refractivity contribution in [3.8, 4) is 0 Å². The minimum atomic E-state index is 0.0298. The molecule has 0 aliphatic carbocycles. The van der Waals surface area contributed by atoms with Gasteiger partial charge in [-0.15, -0.1) is 0 Å². The molecular formula is C16H23N3. The van der Waals surface area contributed by atoms with Crippen LogP contribution in [0.4, 0.5) is 0 Å². The summed E-state index contributed by atoms with van der Waals surface area (Å²) in [5.74, 6) is 0. The Hall–Kier alpha value is -1.61. The van der Waals surface area contributed by atoms with Gasteiger partial charge in [-0.25, -0.2) is 0 Å². The first-order chi connectivity index (χ1) is 8.90. The number of aryl methyl sites for hydroxylation is 4. The number of aromatic nitrogens is 2. The average Bonchev–Trinajstić information content (AvgIpc) is 2.56. The Morgan fingerprint density at radius 2 is 1.89 bits per heavy atom. The molecule has 2 N–H and O–H groups in total. The predicted octanol–water partition coefficient (Wildman–Crippen LogP) is 2.90. The number of hydrogen-bond acceptors (Lipinski definition) is 2. The molecular weight excluding hydrogens is 234 g/mol. The lowest BCUT2D eigenvalue weighted by Crippen LogP contribution is -2.15. The fraction of sp³-hybridized carbons (Fsp3) is 0.438. The van der Waals surface area contributed by atoms with Crippen LogP contribution in [0.5, 0.6) is 0 Å². The predicted molar refractivity (Wildman–Crippen MR) is 79.2 cm³/mol. The normalized spacial score (nSPS) is 12.7. The molecule has 0 fully saturated rings. The maximum Gasteiger partial charge on any atom is 0.0629 e. The van der Waals surface area contributed by atoms with E-state index in [1.54, 1.807) is 0 Å².